The van der Waals surface area contributed by atoms with E-state index in [1.807, 2.05) is 23.5 Å². The molecule has 0 amide bonds. The number of para-hydroxylation sites is 2. The Morgan fingerprint density at radius 3 is 0.796 bits per heavy atom. The predicted molar refractivity (Wildman–Crippen MR) is 417 cm³/mol. The third-order valence-corrected chi connectivity index (χ3v) is 22.2. The number of hydrogen-bond donors (Lipinski definition) is 0. The van der Waals surface area contributed by atoms with Crippen LogP contribution in [0.2, 0.25) is 0 Å². The van der Waals surface area contributed by atoms with E-state index in [1.54, 1.807) is 0 Å². The van der Waals surface area contributed by atoms with Gasteiger partial charge >= 0.3 is 0 Å². The molecule has 0 saturated carbocycles. The largest absolute Gasteiger partial charge is 0.311 e. The van der Waals surface area contributed by atoms with Gasteiger partial charge in [-0.3, -0.25) is 0 Å². The summed E-state index contributed by atoms with van der Waals surface area (Å²) in [6.07, 6.45) is 0. The zero-order chi connectivity index (χ0) is 64.6. The minimum absolute atomic E-state index is 0.0766. The topological polar surface area (TPSA) is 13.0 Å². The van der Waals surface area contributed by atoms with Crippen molar-refractivity contribution in [1.29, 1.82) is 0 Å². The maximum Gasteiger partial charge on any atom is 0.249 e. The molecule has 0 fully saturated rings. The lowest BCUT2D eigenvalue weighted by Gasteiger charge is -2.45. The number of rotatable bonds is 12. The van der Waals surface area contributed by atoms with Crippen molar-refractivity contribution in [2.24, 2.45) is 0 Å². The molecular weight excluding hydrogens is 1220 g/mol. The smallest absolute Gasteiger partial charge is 0.249 e. The monoisotopic (exact) mass is 1280 g/mol. The molecule has 4 aliphatic heterocycles. The van der Waals surface area contributed by atoms with Crippen LogP contribution in [0.5, 0.6) is 0 Å². The Morgan fingerprint density at radius 2 is 0.480 bits per heavy atom. The minimum atomic E-state index is -0.0766. The molecule has 4 nitrogen and oxygen atoms in total. The molecule has 0 aromatic heterocycles. The summed E-state index contributed by atoms with van der Waals surface area (Å²) >= 11 is 3.80. The molecule has 15 aromatic rings. The molecule has 15 aromatic carbocycles. The van der Waals surface area contributed by atoms with Crippen LogP contribution in [0.4, 0.5) is 68.2 Å². The van der Waals surface area contributed by atoms with E-state index in [9.17, 15) is 0 Å². The molecule has 0 atom stereocenters. The third kappa shape index (κ3) is 9.97. The predicted octanol–water partition coefficient (Wildman–Crippen LogP) is 20.8. The summed E-state index contributed by atoms with van der Waals surface area (Å²) < 4.78 is 0. The van der Waals surface area contributed by atoms with E-state index >= 15 is 0 Å². The second-order valence-electron chi connectivity index (χ2n) is 25.5. The molecule has 98 heavy (non-hydrogen) atoms. The average molecular weight is 1280 g/mol. The Morgan fingerprint density at radius 1 is 0.204 bits per heavy atom. The summed E-state index contributed by atoms with van der Waals surface area (Å²) in [5, 5.41) is 0. The normalized spacial score (nSPS) is 12.7. The van der Waals surface area contributed by atoms with Gasteiger partial charge in [0.2, 0.25) is 13.4 Å². The van der Waals surface area contributed by atoms with Gasteiger partial charge in [-0.1, -0.05) is 283 Å². The van der Waals surface area contributed by atoms with Crippen molar-refractivity contribution in [3.63, 3.8) is 0 Å². The summed E-state index contributed by atoms with van der Waals surface area (Å²) in [7, 11) is 0. The highest BCUT2D eigenvalue weighted by Crippen LogP contribution is 2.51. The molecule has 0 radical (unpaired) electrons. The molecule has 0 spiro atoms. The van der Waals surface area contributed by atoms with Crippen molar-refractivity contribution in [3.05, 3.63) is 364 Å². The number of benzene rings is 15. The first-order valence-corrected chi connectivity index (χ1v) is 35.2. The maximum atomic E-state index is 2.64. The minimum Gasteiger partial charge on any atom is -0.311 e. The molecule has 0 unspecified atom stereocenters. The Hall–Kier alpha value is -11.7. The number of nitrogens with zero attached hydrogens (tertiary/aromatic N) is 4. The fraction of sp³-hybridized carbons (Fsp3) is 0. The number of hydrogen-bond acceptors (Lipinski definition) is 6. The zero-order valence-electron chi connectivity index (χ0n) is 53.4. The van der Waals surface area contributed by atoms with Gasteiger partial charge in [0, 0.05) is 87.8 Å². The molecule has 0 N–H and O–H groups in total. The van der Waals surface area contributed by atoms with E-state index < -0.39 is 0 Å². The van der Waals surface area contributed by atoms with Crippen LogP contribution in [0.25, 0.3) is 44.5 Å². The van der Waals surface area contributed by atoms with Crippen LogP contribution in [0.15, 0.2) is 384 Å². The van der Waals surface area contributed by atoms with E-state index in [2.05, 4.69) is 384 Å². The first-order valence-electron chi connectivity index (χ1n) is 33.6. The van der Waals surface area contributed by atoms with Crippen molar-refractivity contribution in [2.75, 3.05) is 19.6 Å². The number of fused-ring (bicyclic) bond motifs is 8. The Balaban J connectivity index is 0.837. The van der Waals surface area contributed by atoms with Crippen LogP contribution < -0.4 is 52.4 Å². The maximum absolute atomic E-state index is 2.64. The fourth-order valence-corrected chi connectivity index (χ4v) is 17.8. The standard InChI is InChI=1S/C90H60B2N4S2/c1-7-23-61(24-8-1)65-39-47-71(48-40-65)93(72-49-41-66(42-50-72)62-25-9-2-10-26-62)75-55-83-89-87(57-75)97-85-37-21-19-35-77(85)91(89)79-59-80-82(60-81(79)95(83)69-31-15-5-16-32-69)96(70-33-17-6-18-34-70)84-56-76(58-88-90(84)92(80)78-36-20-22-38-86(78)98-88)94(73-51-43-67(44-52-73)63-27-11-3-12-28-63)74-53-45-68(46-54-74)64-29-13-4-14-30-64/h1-60H. The summed E-state index contributed by atoms with van der Waals surface area (Å²) in [6, 6.07) is 135. The van der Waals surface area contributed by atoms with Crippen LogP contribution in [0, 0.1) is 0 Å². The summed E-state index contributed by atoms with van der Waals surface area (Å²) in [5.41, 5.74) is 30.6. The molecular formula is C90H60B2N4S2. The zero-order valence-corrected chi connectivity index (χ0v) is 55.0. The van der Waals surface area contributed by atoms with Gasteiger partial charge in [0.1, 0.15) is 0 Å². The highest BCUT2D eigenvalue weighted by molar-refractivity contribution is 8.00. The summed E-state index contributed by atoms with van der Waals surface area (Å²) in [6.45, 7) is -0.153. The lowest BCUT2D eigenvalue weighted by Crippen LogP contribution is -2.64. The van der Waals surface area contributed by atoms with E-state index in [0.717, 1.165) is 68.2 Å². The second kappa shape index (κ2) is 24.2. The Labute approximate surface area is 581 Å². The van der Waals surface area contributed by atoms with E-state index in [4.69, 9.17) is 0 Å². The van der Waals surface area contributed by atoms with Gasteiger partial charge in [-0.15, -0.1) is 0 Å². The Kier molecular flexibility index (Phi) is 14.3. The number of anilines is 12. The molecule has 8 heteroatoms. The van der Waals surface area contributed by atoms with Crippen LogP contribution in [-0.4, -0.2) is 13.4 Å². The second-order valence-corrected chi connectivity index (χ2v) is 27.7. The molecule has 4 heterocycles. The van der Waals surface area contributed by atoms with Gasteiger partial charge < -0.3 is 19.6 Å². The summed E-state index contributed by atoms with van der Waals surface area (Å²) in [4.78, 5) is 15.1. The molecule has 4 aliphatic rings. The van der Waals surface area contributed by atoms with E-state index in [0.29, 0.717) is 0 Å². The van der Waals surface area contributed by atoms with Crippen LogP contribution >= 0.6 is 23.5 Å². The van der Waals surface area contributed by atoms with Crippen LogP contribution in [0.3, 0.4) is 0 Å². The molecule has 458 valence electrons. The molecule has 0 aliphatic carbocycles. The quantitative estimate of drug-likeness (QED) is 0.112. The van der Waals surface area contributed by atoms with Crippen LogP contribution in [0.1, 0.15) is 0 Å². The molecule has 0 bridgehead atoms. The SMILES string of the molecule is c1ccc(-c2ccc(N(c3ccc(-c4ccccc4)cc3)c3cc4c5c(c3)N(c3ccccc3)c3cc6c(cc3B5c3ccccc3S4)B3c4ccccc4Sc4cc(N(c5ccc(-c7ccccc7)cc5)c5ccc(-c7ccccc7)cc5)cc(c43)N6c3ccccc3)cc2)cc1. The lowest BCUT2D eigenvalue weighted by atomic mass is 9.31. The van der Waals surface area contributed by atoms with E-state index in [-0.39, 0.29) is 13.4 Å². The third-order valence-electron chi connectivity index (χ3n) is 19.9. The van der Waals surface area contributed by atoms with Crippen LogP contribution in [-0.2, 0) is 0 Å². The molecule has 0 saturated heterocycles. The van der Waals surface area contributed by atoms with Gasteiger partial charge in [0.25, 0.3) is 0 Å². The lowest BCUT2D eigenvalue weighted by molar-refractivity contribution is 1.21. The van der Waals surface area contributed by atoms with Gasteiger partial charge in [-0.05, 0) is 182 Å². The van der Waals surface area contributed by atoms with Crippen molar-refractivity contribution < 1.29 is 0 Å². The van der Waals surface area contributed by atoms with Gasteiger partial charge in [-0.2, -0.15) is 0 Å². The fourth-order valence-electron chi connectivity index (χ4n) is 15.5. The van der Waals surface area contributed by atoms with Crippen molar-refractivity contribution in [3.8, 4) is 44.5 Å². The first-order chi connectivity index (χ1) is 48.6. The van der Waals surface area contributed by atoms with E-state index in [1.165, 1.54) is 96.9 Å². The highest BCUT2D eigenvalue weighted by Gasteiger charge is 2.47. The highest BCUT2D eigenvalue weighted by atomic mass is 32.2. The van der Waals surface area contributed by atoms with Gasteiger partial charge in [0.15, 0.2) is 0 Å². The van der Waals surface area contributed by atoms with Crippen molar-refractivity contribution in [1.82, 2.24) is 0 Å². The average Bonchev–Trinajstić information content (AvgIpc) is 0.691. The Bertz CT molecular complexity index is 4990. The first kappa shape index (κ1) is 57.7. The van der Waals surface area contributed by atoms with Crippen molar-refractivity contribution in [2.45, 2.75) is 19.6 Å². The summed E-state index contributed by atoms with van der Waals surface area (Å²) in [5.74, 6) is 0. The molecule has 19 rings (SSSR count). The van der Waals surface area contributed by atoms with Gasteiger partial charge in [-0.25, -0.2) is 0 Å². The van der Waals surface area contributed by atoms with Gasteiger partial charge in [0.05, 0.1) is 0 Å². The van der Waals surface area contributed by atoms with Crippen molar-refractivity contribution >= 4 is 138 Å².